The molecule has 0 radical (unpaired) electrons. The maximum atomic E-state index is 13.3. The van der Waals surface area contributed by atoms with Gasteiger partial charge in [0.2, 0.25) is 0 Å². The van der Waals surface area contributed by atoms with Crippen LogP contribution in [-0.2, 0) is 0 Å². The van der Waals surface area contributed by atoms with Gasteiger partial charge in [0.25, 0.3) is 5.56 Å². The van der Waals surface area contributed by atoms with Crippen LogP contribution >= 0.6 is 50.5 Å². The monoisotopic (exact) mass is 474 g/mol. The average molecular weight is 476 g/mol. The molecule has 0 bridgehead atoms. The molecule has 26 heavy (non-hydrogen) atoms. The summed E-state index contributed by atoms with van der Waals surface area (Å²) in [6.45, 7) is 0. The van der Waals surface area contributed by atoms with Crippen LogP contribution in [-0.4, -0.2) is 23.0 Å². The standard InChI is InChI=1S/C16H10BrCl2FN4OS/c1-23(21-7-10-3-5-14(17)26-10)13-8-22-24(16(25)15(13)19)9-2-4-12(20)11(18)6-9/h2-8H,1H3/b21-7+. The minimum Gasteiger partial charge on any atom is -0.266 e. The van der Waals surface area contributed by atoms with Crippen molar-refractivity contribution in [1.82, 2.24) is 9.78 Å². The van der Waals surface area contributed by atoms with Crippen LogP contribution in [0.1, 0.15) is 4.88 Å². The van der Waals surface area contributed by atoms with Crippen LogP contribution in [0.5, 0.6) is 0 Å². The number of rotatable bonds is 4. The third-order valence-electron chi connectivity index (χ3n) is 3.35. The van der Waals surface area contributed by atoms with Crippen LogP contribution in [0.15, 0.2) is 50.2 Å². The van der Waals surface area contributed by atoms with Crippen molar-refractivity contribution >= 4 is 62.4 Å². The van der Waals surface area contributed by atoms with Gasteiger partial charge in [0.1, 0.15) is 16.5 Å². The molecule has 0 saturated carbocycles. The minimum atomic E-state index is -0.583. The van der Waals surface area contributed by atoms with E-state index in [1.54, 1.807) is 13.3 Å². The highest BCUT2D eigenvalue weighted by Crippen LogP contribution is 2.23. The van der Waals surface area contributed by atoms with Gasteiger partial charge in [-0.05, 0) is 46.3 Å². The molecule has 0 aliphatic rings. The molecule has 2 aromatic heterocycles. The molecule has 0 N–H and O–H groups in total. The maximum absolute atomic E-state index is 13.3. The molecular weight excluding hydrogens is 466 g/mol. The molecule has 1 aromatic carbocycles. The lowest BCUT2D eigenvalue weighted by Gasteiger charge is -2.15. The fourth-order valence-corrected chi connectivity index (χ4v) is 3.77. The molecule has 0 spiro atoms. The van der Waals surface area contributed by atoms with E-state index < -0.39 is 11.4 Å². The number of hydrogen-bond donors (Lipinski definition) is 0. The Balaban J connectivity index is 1.92. The van der Waals surface area contributed by atoms with E-state index in [1.807, 2.05) is 12.1 Å². The van der Waals surface area contributed by atoms with Crippen molar-refractivity contribution in [2.24, 2.45) is 5.10 Å². The Bertz CT molecular complexity index is 1050. The lowest BCUT2D eigenvalue weighted by molar-refractivity contribution is 0.627. The van der Waals surface area contributed by atoms with Crippen LogP contribution in [0.2, 0.25) is 10.0 Å². The molecule has 0 amide bonds. The molecule has 134 valence electrons. The quantitative estimate of drug-likeness (QED) is 0.395. The topological polar surface area (TPSA) is 50.5 Å². The van der Waals surface area contributed by atoms with Crippen LogP contribution < -0.4 is 10.6 Å². The van der Waals surface area contributed by atoms with E-state index in [0.29, 0.717) is 11.4 Å². The van der Waals surface area contributed by atoms with Crippen molar-refractivity contribution in [2.75, 3.05) is 12.1 Å². The van der Waals surface area contributed by atoms with Crippen molar-refractivity contribution in [3.05, 3.63) is 71.4 Å². The zero-order valence-electron chi connectivity index (χ0n) is 13.2. The van der Waals surface area contributed by atoms with Gasteiger partial charge in [-0.25, -0.2) is 4.39 Å². The molecule has 0 fully saturated rings. The summed E-state index contributed by atoms with van der Waals surface area (Å²) < 4.78 is 15.3. The zero-order chi connectivity index (χ0) is 18.8. The predicted octanol–water partition coefficient (Wildman–Crippen LogP) is 4.97. The lowest BCUT2D eigenvalue weighted by atomic mass is 10.3. The highest BCUT2D eigenvalue weighted by atomic mass is 79.9. The van der Waals surface area contributed by atoms with Gasteiger partial charge in [0.15, 0.2) is 0 Å². The summed E-state index contributed by atoms with van der Waals surface area (Å²) in [4.78, 5) is 13.4. The van der Waals surface area contributed by atoms with Crippen molar-refractivity contribution in [2.45, 2.75) is 0 Å². The Hall–Kier alpha value is -1.74. The fourth-order valence-electron chi connectivity index (χ4n) is 2.05. The number of nitrogens with zero attached hydrogens (tertiary/aromatic N) is 4. The van der Waals surface area contributed by atoms with Crippen LogP contribution in [0, 0.1) is 5.82 Å². The smallest absolute Gasteiger partial charge is 0.266 e. The van der Waals surface area contributed by atoms with Crippen molar-refractivity contribution in [3.63, 3.8) is 0 Å². The SMILES string of the molecule is CN(/N=C/c1ccc(Br)s1)c1cnn(-c2ccc(F)c(Cl)c2)c(=O)c1Cl. The van der Waals surface area contributed by atoms with Gasteiger partial charge in [-0.1, -0.05) is 23.2 Å². The summed E-state index contributed by atoms with van der Waals surface area (Å²) in [7, 11) is 1.65. The largest absolute Gasteiger partial charge is 0.292 e. The van der Waals surface area contributed by atoms with Crippen molar-refractivity contribution in [1.29, 1.82) is 0 Å². The zero-order valence-corrected chi connectivity index (χ0v) is 17.1. The van der Waals surface area contributed by atoms with Gasteiger partial charge in [0, 0.05) is 11.9 Å². The summed E-state index contributed by atoms with van der Waals surface area (Å²) in [5.41, 5.74) is 0.0881. The highest BCUT2D eigenvalue weighted by Gasteiger charge is 2.14. The molecule has 5 nitrogen and oxygen atoms in total. The summed E-state index contributed by atoms with van der Waals surface area (Å²) in [5.74, 6) is -0.583. The molecule has 3 rings (SSSR count). The number of benzene rings is 1. The fraction of sp³-hybridized carbons (Fsp3) is 0.0625. The number of thiophene rings is 1. The van der Waals surface area contributed by atoms with Gasteiger partial charge >= 0.3 is 0 Å². The van der Waals surface area contributed by atoms with Gasteiger partial charge in [-0.2, -0.15) is 14.9 Å². The van der Waals surface area contributed by atoms with Crippen LogP contribution in [0.25, 0.3) is 5.69 Å². The van der Waals surface area contributed by atoms with Crippen LogP contribution in [0.4, 0.5) is 10.1 Å². The van der Waals surface area contributed by atoms with E-state index in [2.05, 4.69) is 26.1 Å². The maximum Gasteiger partial charge on any atom is 0.292 e. The van der Waals surface area contributed by atoms with E-state index in [4.69, 9.17) is 23.2 Å². The van der Waals surface area contributed by atoms with Crippen molar-refractivity contribution < 1.29 is 4.39 Å². The average Bonchev–Trinajstić information content (AvgIpc) is 3.03. The molecule has 0 saturated heterocycles. The second kappa shape index (κ2) is 7.87. The van der Waals surface area contributed by atoms with Gasteiger partial charge in [-0.3, -0.25) is 9.80 Å². The molecule has 10 heteroatoms. The first kappa shape index (κ1) is 19.0. The lowest BCUT2D eigenvalue weighted by Crippen LogP contribution is -2.24. The van der Waals surface area contributed by atoms with Gasteiger partial charge in [0.05, 0.1) is 26.9 Å². The summed E-state index contributed by atoms with van der Waals surface area (Å²) >= 11 is 16.9. The molecule has 0 unspecified atom stereocenters. The first-order valence-electron chi connectivity index (χ1n) is 7.13. The summed E-state index contributed by atoms with van der Waals surface area (Å²) in [6, 6.07) is 7.67. The van der Waals surface area contributed by atoms with Crippen LogP contribution in [0.3, 0.4) is 0 Å². The first-order chi connectivity index (χ1) is 12.4. The molecule has 0 atom stereocenters. The Kier molecular flexibility index (Phi) is 5.76. The first-order valence-corrected chi connectivity index (χ1v) is 9.49. The predicted molar refractivity (Wildman–Crippen MR) is 108 cm³/mol. The molecular formula is C16H10BrCl2FN4OS. The number of aromatic nitrogens is 2. The number of hydrogen-bond acceptors (Lipinski definition) is 5. The van der Waals surface area contributed by atoms with E-state index in [9.17, 15) is 9.18 Å². The van der Waals surface area contributed by atoms with E-state index in [0.717, 1.165) is 19.4 Å². The number of anilines is 1. The van der Waals surface area contributed by atoms with Gasteiger partial charge < -0.3 is 0 Å². The third-order valence-corrected chi connectivity index (χ3v) is 5.55. The molecule has 0 aliphatic heterocycles. The number of hydrazone groups is 1. The molecule has 3 aromatic rings. The van der Waals surface area contributed by atoms with E-state index in [1.165, 1.54) is 34.7 Å². The van der Waals surface area contributed by atoms with E-state index in [-0.39, 0.29) is 10.0 Å². The Labute approximate surface area is 170 Å². The minimum absolute atomic E-state index is 0.0625. The molecule has 0 aliphatic carbocycles. The van der Waals surface area contributed by atoms with Crippen molar-refractivity contribution in [3.8, 4) is 5.69 Å². The van der Waals surface area contributed by atoms with Gasteiger partial charge in [-0.15, -0.1) is 11.3 Å². The Morgan fingerprint density at radius 3 is 2.77 bits per heavy atom. The second-order valence-corrected chi connectivity index (χ2v) is 8.35. The third kappa shape index (κ3) is 3.98. The second-order valence-electron chi connectivity index (χ2n) is 5.07. The highest BCUT2D eigenvalue weighted by molar-refractivity contribution is 9.11. The van der Waals surface area contributed by atoms with E-state index >= 15 is 0 Å². The normalized spacial score (nSPS) is 11.3. The molecule has 2 heterocycles. The summed E-state index contributed by atoms with van der Waals surface area (Å²) in [6.07, 6.45) is 3.06. The number of halogens is 4. The Morgan fingerprint density at radius 2 is 2.12 bits per heavy atom. The Morgan fingerprint density at radius 1 is 1.35 bits per heavy atom. The summed E-state index contributed by atoms with van der Waals surface area (Å²) in [5, 5.41) is 9.62.